The first kappa shape index (κ1) is 18.2. The summed E-state index contributed by atoms with van der Waals surface area (Å²) in [6.45, 7) is 0.0866. The highest BCUT2D eigenvalue weighted by atomic mass is 35.5. The fraction of sp³-hybridized carbons (Fsp3) is 0.0526. The lowest BCUT2D eigenvalue weighted by molar-refractivity contribution is 0.0950. The number of rotatable bonds is 5. The van der Waals surface area contributed by atoms with Crippen LogP contribution in [0.3, 0.4) is 0 Å². The van der Waals surface area contributed by atoms with Crippen molar-refractivity contribution in [3.8, 4) is 0 Å². The molecule has 0 fully saturated rings. The topological polar surface area (TPSA) is 54.0 Å². The number of pyridine rings is 1. The van der Waals surface area contributed by atoms with Crippen molar-refractivity contribution < 1.29 is 9.18 Å². The van der Waals surface area contributed by atoms with E-state index in [-0.39, 0.29) is 18.3 Å². The van der Waals surface area contributed by atoms with E-state index in [9.17, 15) is 9.18 Å². The molecule has 0 aliphatic rings. The third-order valence-electron chi connectivity index (χ3n) is 3.63. The molecule has 1 heterocycles. The molecule has 1 amide bonds. The van der Waals surface area contributed by atoms with E-state index in [0.29, 0.717) is 32.5 Å². The van der Waals surface area contributed by atoms with Gasteiger partial charge in [0, 0.05) is 18.3 Å². The first-order chi connectivity index (χ1) is 12.5. The summed E-state index contributed by atoms with van der Waals surface area (Å²) in [6, 6.07) is 13.1. The van der Waals surface area contributed by atoms with Crippen molar-refractivity contribution in [2.24, 2.45) is 0 Å². The molecule has 2 N–H and O–H groups in total. The van der Waals surface area contributed by atoms with E-state index in [0.717, 1.165) is 0 Å². The first-order valence-electron chi connectivity index (χ1n) is 7.72. The number of nitrogens with zero attached hydrogens (tertiary/aromatic N) is 1. The summed E-state index contributed by atoms with van der Waals surface area (Å²) in [7, 11) is 0. The molecule has 3 rings (SSSR count). The van der Waals surface area contributed by atoms with Gasteiger partial charge in [-0.25, -0.2) is 4.39 Å². The molecule has 0 aliphatic carbocycles. The Morgan fingerprint density at radius 2 is 1.88 bits per heavy atom. The van der Waals surface area contributed by atoms with Gasteiger partial charge in [0.05, 0.1) is 33.2 Å². The fourth-order valence-electron chi connectivity index (χ4n) is 2.31. The van der Waals surface area contributed by atoms with Crippen LogP contribution in [0.4, 0.5) is 15.8 Å². The Morgan fingerprint density at radius 1 is 1.08 bits per heavy atom. The summed E-state index contributed by atoms with van der Waals surface area (Å²) in [6.07, 6.45) is 2.99. The van der Waals surface area contributed by atoms with Gasteiger partial charge in [0.1, 0.15) is 5.82 Å². The number of carbonyl (C=O) groups is 1. The van der Waals surface area contributed by atoms with E-state index in [4.69, 9.17) is 23.2 Å². The quantitative estimate of drug-likeness (QED) is 0.630. The van der Waals surface area contributed by atoms with Crippen LogP contribution in [-0.4, -0.2) is 10.9 Å². The van der Waals surface area contributed by atoms with Gasteiger partial charge in [0.2, 0.25) is 0 Å². The molecule has 26 heavy (non-hydrogen) atoms. The third kappa shape index (κ3) is 4.31. The minimum absolute atomic E-state index is 0.0866. The highest BCUT2D eigenvalue weighted by molar-refractivity contribution is 6.43. The second-order valence-corrected chi connectivity index (χ2v) is 6.25. The standard InChI is InChI=1S/C19H14Cl2FN3O/c20-15-5-3-7-17(18(15)21)25-14-8-13(9-23-11-14)19(26)24-10-12-4-1-2-6-16(12)22/h1-9,11,25H,10H2,(H,24,26). The zero-order valence-corrected chi connectivity index (χ0v) is 15.0. The van der Waals surface area contributed by atoms with Crippen molar-refractivity contribution in [3.05, 3.63) is 87.9 Å². The van der Waals surface area contributed by atoms with Crippen molar-refractivity contribution in [2.45, 2.75) is 6.54 Å². The minimum atomic E-state index is -0.364. The molecule has 0 spiro atoms. The van der Waals surface area contributed by atoms with Gasteiger partial charge in [-0.15, -0.1) is 0 Å². The third-order valence-corrected chi connectivity index (χ3v) is 4.45. The molecule has 2 aromatic carbocycles. The molecule has 132 valence electrons. The van der Waals surface area contributed by atoms with Crippen LogP contribution in [0.2, 0.25) is 10.0 Å². The van der Waals surface area contributed by atoms with E-state index in [1.54, 1.807) is 48.7 Å². The maximum atomic E-state index is 13.6. The average molecular weight is 390 g/mol. The number of aromatic nitrogens is 1. The average Bonchev–Trinajstić information content (AvgIpc) is 2.65. The zero-order chi connectivity index (χ0) is 18.5. The Labute approximate surface area is 160 Å². The zero-order valence-electron chi connectivity index (χ0n) is 13.5. The summed E-state index contributed by atoms with van der Waals surface area (Å²) in [5.74, 6) is -0.724. The number of hydrogen-bond acceptors (Lipinski definition) is 3. The number of halogens is 3. The van der Waals surface area contributed by atoms with Gasteiger partial charge in [-0.2, -0.15) is 0 Å². The van der Waals surface area contributed by atoms with Gasteiger partial charge >= 0.3 is 0 Å². The Hall–Kier alpha value is -2.63. The molecule has 0 atom stereocenters. The van der Waals surface area contributed by atoms with Gasteiger partial charge in [0.15, 0.2) is 0 Å². The van der Waals surface area contributed by atoms with E-state index < -0.39 is 0 Å². The second kappa shape index (κ2) is 8.17. The number of amides is 1. The first-order valence-corrected chi connectivity index (χ1v) is 8.48. The monoisotopic (exact) mass is 389 g/mol. The number of benzene rings is 2. The van der Waals surface area contributed by atoms with Gasteiger partial charge in [0.25, 0.3) is 5.91 Å². The Kier molecular flexibility index (Phi) is 5.71. The van der Waals surface area contributed by atoms with Gasteiger partial charge in [-0.05, 0) is 24.3 Å². The lowest BCUT2D eigenvalue weighted by atomic mass is 10.2. The SMILES string of the molecule is O=C(NCc1ccccc1F)c1cncc(Nc2cccc(Cl)c2Cl)c1. The molecule has 0 aliphatic heterocycles. The van der Waals surface area contributed by atoms with E-state index >= 15 is 0 Å². The summed E-state index contributed by atoms with van der Waals surface area (Å²) in [5.41, 5.74) is 1.93. The van der Waals surface area contributed by atoms with Crippen LogP contribution < -0.4 is 10.6 Å². The normalized spacial score (nSPS) is 10.4. The predicted molar refractivity (Wildman–Crippen MR) is 102 cm³/mol. The molecular formula is C19H14Cl2FN3O. The van der Waals surface area contributed by atoms with Crippen LogP contribution >= 0.6 is 23.2 Å². The fourth-order valence-corrected chi connectivity index (χ4v) is 2.66. The lowest BCUT2D eigenvalue weighted by Gasteiger charge is -2.11. The molecule has 3 aromatic rings. The molecule has 1 aromatic heterocycles. The molecule has 0 bridgehead atoms. The van der Waals surface area contributed by atoms with Crippen molar-refractivity contribution >= 4 is 40.5 Å². The molecule has 7 heteroatoms. The highest BCUT2D eigenvalue weighted by Crippen LogP contribution is 2.31. The van der Waals surface area contributed by atoms with Gasteiger partial charge < -0.3 is 10.6 Å². The summed E-state index contributed by atoms with van der Waals surface area (Å²) < 4.78 is 13.6. The van der Waals surface area contributed by atoms with E-state index in [2.05, 4.69) is 15.6 Å². The Balaban J connectivity index is 1.71. The summed E-state index contributed by atoms with van der Waals surface area (Å²) in [4.78, 5) is 16.4. The van der Waals surface area contributed by atoms with E-state index in [1.807, 2.05) is 0 Å². The number of carbonyl (C=O) groups excluding carboxylic acids is 1. The molecule has 0 saturated carbocycles. The van der Waals surface area contributed by atoms with Crippen molar-refractivity contribution in [1.82, 2.24) is 10.3 Å². The van der Waals surface area contributed by atoms with Crippen LogP contribution in [0.25, 0.3) is 0 Å². The summed E-state index contributed by atoms with van der Waals surface area (Å²) in [5, 5.41) is 6.54. The van der Waals surface area contributed by atoms with Crippen molar-refractivity contribution in [1.29, 1.82) is 0 Å². The highest BCUT2D eigenvalue weighted by Gasteiger charge is 2.10. The van der Waals surface area contributed by atoms with Crippen molar-refractivity contribution in [2.75, 3.05) is 5.32 Å². The Bertz CT molecular complexity index is 950. The van der Waals surface area contributed by atoms with E-state index in [1.165, 1.54) is 12.3 Å². The molecule has 0 saturated heterocycles. The van der Waals surface area contributed by atoms with Crippen LogP contribution in [0.5, 0.6) is 0 Å². The molecule has 4 nitrogen and oxygen atoms in total. The number of hydrogen-bond donors (Lipinski definition) is 2. The Morgan fingerprint density at radius 3 is 2.69 bits per heavy atom. The smallest absolute Gasteiger partial charge is 0.253 e. The number of anilines is 2. The molecular weight excluding hydrogens is 376 g/mol. The molecule has 0 unspecified atom stereocenters. The largest absolute Gasteiger partial charge is 0.353 e. The van der Waals surface area contributed by atoms with Crippen LogP contribution in [-0.2, 0) is 6.54 Å². The van der Waals surface area contributed by atoms with Crippen LogP contribution in [0, 0.1) is 5.82 Å². The van der Waals surface area contributed by atoms with Gasteiger partial charge in [-0.1, -0.05) is 47.5 Å². The summed E-state index contributed by atoms with van der Waals surface area (Å²) >= 11 is 12.1. The van der Waals surface area contributed by atoms with Crippen LogP contribution in [0.15, 0.2) is 60.9 Å². The second-order valence-electron chi connectivity index (χ2n) is 5.46. The maximum Gasteiger partial charge on any atom is 0.253 e. The lowest BCUT2D eigenvalue weighted by Crippen LogP contribution is -2.23. The maximum absolute atomic E-state index is 13.6. The van der Waals surface area contributed by atoms with Gasteiger partial charge in [-0.3, -0.25) is 9.78 Å². The predicted octanol–water partition coefficient (Wildman–Crippen LogP) is 5.20. The number of nitrogens with one attached hydrogen (secondary N) is 2. The minimum Gasteiger partial charge on any atom is -0.353 e. The molecule has 0 radical (unpaired) electrons. The van der Waals surface area contributed by atoms with Crippen molar-refractivity contribution in [3.63, 3.8) is 0 Å². The van der Waals surface area contributed by atoms with Crippen LogP contribution in [0.1, 0.15) is 15.9 Å².